The van der Waals surface area contributed by atoms with E-state index in [9.17, 15) is 4.79 Å². The average Bonchev–Trinajstić information content (AvgIpc) is 2.72. The second-order valence-corrected chi connectivity index (χ2v) is 4.26. The Morgan fingerprint density at radius 1 is 1.67 bits per heavy atom. The van der Waals surface area contributed by atoms with Gasteiger partial charge in [-0.2, -0.15) is 0 Å². The minimum atomic E-state index is -0.881. The largest absolute Gasteiger partial charge is 0.481 e. The topological polar surface area (TPSA) is 63.3 Å². The predicted octanol–water partition coefficient (Wildman–Crippen LogP) is 2.34. The molecule has 0 fully saturated rings. The van der Waals surface area contributed by atoms with Crippen molar-refractivity contribution in [2.45, 2.75) is 13.3 Å². The summed E-state index contributed by atoms with van der Waals surface area (Å²) in [7, 11) is 0. The molecule has 0 spiro atoms. The molecule has 0 saturated carbocycles. The number of carboxylic acids is 1. The second kappa shape index (κ2) is 3.86. The molecule has 15 heavy (non-hydrogen) atoms. The molecule has 0 aromatic carbocycles. The van der Waals surface area contributed by atoms with Gasteiger partial charge in [0.2, 0.25) is 0 Å². The minimum Gasteiger partial charge on any atom is -0.481 e. The Kier molecular flexibility index (Phi) is 2.55. The molecule has 0 aliphatic rings. The van der Waals surface area contributed by atoms with Crippen LogP contribution >= 0.6 is 11.3 Å². The molecule has 4 nitrogen and oxygen atoms in total. The number of aryl methyl sites for hydroxylation is 1. The molecule has 0 atom stereocenters. The van der Waals surface area contributed by atoms with Crippen molar-refractivity contribution in [3.05, 3.63) is 29.1 Å². The van der Waals surface area contributed by atoms with E-state index in [0.29, 0.717) is 11.5 Å². The van der Waals surface area contributed by atoms with E-state index in [1.165, 1.54) is 11.3 Å². The highest BCUT2D eigenvalue weighted by atomic mass is 32.1. The Morgan fingerprint density at radius 3 is 3.07 bits per heavy atom. The van der Waals surface area contributed by atoms with Gasteiger partial charge in [-0.25, -0.2) is 4.98 Å². The lowest BCUT2D eigenvalue weighted by Gasteiger charge is -1.94. The molecule has 0 amide bonds. The second-order valence-electron chi connectivity index (χ2n) is 3.06. The van der Waals surface area contributed by atoms with Crippen molar-refractivity contribution in [2.24, 2.45) is 0 Å². The molecule has 1 N–H and O–H groups in total. The maximum Gasteiger partial charge on any atom is 0.309 e. The van der Waals surface area contributed by atoms with Gasteiger partial charge < -0.3 is 9.52 Å². The third-order valence-electron chi connectivity index (χ3n) is 1.87. The molecule has 0 unspecified atom stereocenters. The van der Waals surface area contributed by atoms with Crippen LogP contribution in [0.15, 0.2) is 22.8 Å². The summed E-state index contributed by atoms with van der Waals surface area (Å²) in [5.74, 6) is -0.204. The lowest BCUT2D eigenvalue weighted by atomic mass is 10.2. The number of hydrogen-bond acceptors (Lipinski definition) is 4. The van der Waals surface area contributed by atoms with E-state index < -0.39 is 5.97 Å². The number of rotatable bonds is 3. The predicted molar refractivity (Wildman–Crippen MR) is 55.9 cm³/mol. The average molecular weight is 223 g/mol. The maximum absolute atomic E-state index is 10.6. The van der Waals surface area contributed by atoms with Crippen molar-refractivity contribution in [3.63, 3.8) is 0 Å². The molecule has 5 heteroatoms. The first-order valence-electron chi connectivity index (χ1n) is 4.39. The van der Waals surface area contributed by atoms with Crippen LogP contribution in [-0.4, -0.2) is 16.1 Å². The molecule has 0 saturated heterocycles. The van der Waals surface area contributed by atoms with E-state index in [2.05, 4.69) is 4.98 Å². The van der Waals surface area contributed by atoms with Crippen molar-refractivity contribution in [1.82, 2.24) is 4.98 Å². The third kappa shape index (κ3) is 2.07. The Bertz CT molecular complexity index is 473. The quantitative estimate of drug-likeness (QED) is 0.867. The number of thiazole rings is 1. The molecule has 0 bridgehead atoms. The first kappa shape index (κ1) is 9.92. The van der Waals surface area contributed by atoms with Crippen LogP contribution in [-0.2, 0) is 11.2 Å². The van der Waals surface area contributed by atoms with Gasteiger partial charge in [-0.05, 0) is 19.1 Å². The van der Waals surface area contributed by atoms with E-state index in [-0.39, 0.29) is 6.42 Å². The van der Waals surface area contributed by atoms with Crippen molar-refractivity contribution >= 4 is 17.3 Å². The van der Waals surface area contributed by atoms with Gasteiger partial charge in [0.05, 0.1) is 28.3 Å². The smallest absolute Gasteiger partial charge is 0.309 e. The molecule has 78 valence electrons. The fraction of sp³-hybridized carbons (Fsp3) is 0.200. The molecule has 0 aliphatic heterocycles. The first-order valence-corrected chi connectivity index (χ1v) is 5.20. The monoisotopic (exact) mass is 223 g/mol. The highest BCUT2D eigenvalue weighted by Gasteiger charge is 2.15. The van der Waals surface area contributed by atoms with Crippen LogP contribution < -0.4 is 0 Å². The van der Waals surface area contributed by atoms with Crippen LogP contribution in [0.3, 0.4) is 0 Å². The van der Waals surface area contributed by atoms with Crippen LogP contribution in [0, 0.1) is 6.92 Å². The molecule has 2 heterocycles. The minimum absolute atomic E-state index is 0.0691. The molecular weight excluding hydrogens is 214 g/mol. The standard InChI is InChI=1S/C10H9NO3S/c1-6-11-7(5-9(12)13)10(15-6)8-3-2-4-14-8/h2-4H,5H2,1H3,(H,12,13). The summed E-state index contributed by atoms with van der Waals surface area (Å²) >= 11 is 1.45. The van der Waals surface area contributed by atoms with Gasteiger partial charge in [-0.1, -0.05) is 0 Å². The molecule has 0 radical (unpaired) electrons. The molecular formula is C10H9NO3S. The van der Waals surface area contributed by atoms with Gasteiger partial charge in [0, 0.05) is 0 Å². The number of aliphatic carboxylic acids is 1. The van der Waals surface area contributed by atoms with Gasteiger partial charge >= 0.3 is 5.97 Å². The fourth-order valence-electron chi connectivity index (χ4n) is 1.33. The molecule has 2 aromatic heterocycles. The Balaban J connectivity index is 2.42. The number of carboxylic acid groups (broad SMARTS) is 1. The van der Waals surface area contributed by atoms with Crippen molar-refractivity contribution in [1.29, 1.82) is 0 Å². The lowest BCUT2D eigenvalue weighted by Crippen LogP contribution is -2.01. The maximum atomic E-state index is 10.6. The van der Waals surface area contributed by atoms with E-state index >= 15 is 0 Å². The Hall–Kier alpha value is -1.62. The zero-order chi connectivity index (χ0) is 10.8. The molecule has 0 aliphatic carbocycles. The number of carbonyl (C=O) groups is 1. The van der Waals surface area contributed by atoms with Crippen LogP contribution in [0.25, 0.3) is 10.6 Å². The zero-order valence-electron chi connectivity index (χ0n) is 8.06. The highest BCUT2D eigenvalue weighted by Crippen LogP contribution is 2.30. The van der Waals surface area contributed by atoms with E-state index in [1.807, 2.05) is 6.92 Å². The summed E-state index contributed by atoms with van der Waals surface area (Å²) in [6.07, 6.45) is 1.50. The summed E-state index contributed by atoms with van der Waals surface area (Å²) in [6.45, 7) is 1.85. The number of nitrogens with zero attached hydrogens (tertiary/aromatic N) is 1. The van der Waals surface area contributed by atoms with Crippen LogP contribution in [0.5, 0.6) is 0 Å². The summed E-state index contributed by atoms with van der Waals surface area (Å²) < 4.78 is 5.23. The first-order chi connectivity index (χ1) is 7.16. The molecule has 2 aromatic rings. The van der Waals surface area contributed by atoms with Crippen molar-refractivity contribution < 1.29 is 14.3 Å². The van der Waals surface area contributed by atoms with E-state index in [0.717, 1.165) is 9.88 Å². The van der Waals surface area contributed by atoms with Crippen LogP contribution in [0.2, 0.25) is 0 Å². The fourth-order valence-corrected chi connectivity index (χ4v) is 2.24. The normalized spacial score (nSPS) is 10.5. The van der Waals surface area contributed by atoms with Crippen LogP contribution in [0.1, 0.15) is 10.7 Å². The number of hydrogen-bond donors (Lipinski definition) is 1. The van der Waals surface area contributed by atoms with E-state index in [4.69, 9.17) is 9.52 Å². The van der Waals surface area contributed by atoms with Gasteiger partial charge in [0.15, 0.2) is 0 Å². The third-order valence-corrected chi connectivity index (χ3v) is 2.90. The highest BCUT2D eigenvalue weighted by molar-refractivity contribution is 7.15. The zero-order valence-corrected chi connectivity index (χ0v) is 8.87. The van der Waals surface area contributed by atoms with Crippen molar-refractivity contribution in [3.8, 4) is 10.6 Å². The Labute approximate surface area is 90.2 Å². The Morgan fingerprint density at radius 2 is 2.47 bits per heavy atom. The van der Waals surface area contributed by atoms with Gasteiger partial charge in [0.1, 0.15) is 5.76 Å². The van der Waals surface area contributed by atoms with Crippen LogP contribution in [0.4, 0.5) is 0 Å². The summed E-state index contributed by atoms with van der Waals surface area (Å²) in [4.78, 5) is 15.6. The summed E-state index contributed by atoms with van der Waals surface area (Å²) in [6, 6.07) is 3.58. The number of aromatic nitrogens is 1. The van der Waals surface area contributed by atoms with Gasteiger partial charge in [-0.3, -0.25) is 4.79 Å². The van der Waals surface area contributed by atoms with E-state index in [1.54, 1.807) is 18.4 Å². The SMILES string of the molecule is Cc1nc(CC(=O)O)c(-c2ccco2)s1. The molecule has 2 rings (SSSR count). The summed E-state index contributed by atoms with van der Waals surface area (Å²) in [5.41, 5.74) is 0.569. The van der Waals surface area contributed by atoms with Crippen molar-refractivity contribution in [2.75, 3.05) is 0 Å². The van der Waals surface area contributed by atoms with Gasteiger partial charge in [0.25, 0.3) is 0 Å². The lowest BCUT2D eigenvalue weighted by molar-refractivity contribution is -0.136. The van der Waals surface area contributed by atoms with Gasteiger partial charge in [-0.15, -0.1) is 11.3 Å². The number of furan rings is 1. The summed E-state index contributed by atoms with van der Waals surface area (Å²) in [5, 5.41) is 9.58.